The van der Waals surface area contributed by atoms with E-state index in [0.717, 1.165) is 5.56 Å². The summed E-state index contributed by atoms with van der Waals surface area (Å²) in [6, 6.07) is 6.76. The minimum Gasteiger partial charge on any atom is -0.382 e. The molecule has 0 saturated heterocycles. The second-order valence-corrected chi connectivity index (χ2v) is 6.50. The van der Waals surface area contributed by atoms with Crippen LogP contribution >= 0.6 is 0 Å². The lowest BCUT2D eigenvalue weighted by atomic mass is 10.1. The van der Waals surface area contributed by atoms with Crippen LogP contribution in [0.5, 0.6) is 0 Å². The van der Waals surface area contributed by atoms with Crippen LogP contribution in [0.25, 0.3) is 0 Å². The molecule has 1 N–H and O–H groups in total. The van der Waals surface area contributed by atoms with Crippen LogP contribution in [0.2, 0.25) is 0 Å². The number of methoxy groups -OCH3 is 2. The van der Waals surface area contributed by atoms with Crippen LogP contribution in [-0.2, 0) is 19.5 Å². The third-order valence-corrected chi connectivity index (χ3v) is 4.28. The van der Waals surface area contributed by atoms with E-state index >= 15 is 0 Å². The molecule has 1 atom stereocenters. The monoisotopic (exact) mass is 287 g/mol. The quantitative estimate of drug-likeness (QED) is 0.821. The Morgan fingerprint density at radius 2 is 2.00 bits per heavy atom. The van der Waals surface area contributed by atoms with Gasteiger partial charge in [0.2, 0.25) is 10.0 Å². The maximum Gasteiger partial charge on any atom is 0.240 e. The molecule has 19 heavy (non-hydrogen) atoms. The predicted molar refractivity (Wildman–Crippen MR) is 73.7 cm³/mol. The Hall–Kier alpha value is -0.950. The maximum atomic E-state index is 12.1. The molecular formula is C13H21NO4S. The smallest absolute Gasteiger partial charge is 0.240 e. The first-order valence-corrected chi connectivity index (χ1v) is 7.42. The largest absolute Gasteiger partial charge is 0.382 e. The van der Waals surface area contributed by atoms with E-state index in [1.807, 2.05) is 13.0 Å². The summed E-state index contributed by atoms with van der Waals surface area (Å²) >= 11 is 0. The molecule has 0 aliphatic rings. The summed E-state index contributed by atoms with van der Waals surface area (Å²) in [6.07, 6.45) is 0. The van der Waals surface area contributed by atoms with Gasteiger partial charge in [0.15, 0.2) is 0 Å². The van der Waals surface area contributed by atoms with Gasteiger partial charge >= 0.3 is 0 Å². The Kier molecular flexibility index (Phi) is 5.49. The average molecular weight is 287 g/mol. The molecule has 1 aromatic rings. The third kappa shape index (κ3) is 4.58. The van der Waals surface area contributed by atoms with Crippen LogP contribution < -0.4 is 4.72 Å². The van der Waals surface area contributed by atoms with Gasteiger partial charge < -0.3 is 9.47 Å². The molecule has 0 saturated carbocycles. The highest BCUT2D eigenvalue weighted by molar-refractivity contribution is 7.89. The fraction of sp³-hybridized carbons (Fsp3) is 0.538. The molecule has 108 valence electrons. The van der Waals surface area contributed by atoms with Crippen molar-refractivity contribution in [3.63, 3.8) is 0 Å². The SMILES string of the molecule is COC[C@](C)(CNS(=O)(=O)c1cccc(C)c1)OC. The molecule has 0 amide bonds. The number of nitrogens with one attached hydrogen (secondary N) is 1. The Balaban J connectivity index is 2.81. The summed E-state index contributed by atoms with van der Waals surface area (Å²) in [5, 5.41) is 0. The van der Waals surface area contributed by atoms with Crippen LogP contribution in [0.1, 0.15) is 12.5 Å². The number of hydrogen-bond acceptors (Lipinski definition) is 4. The summed E-state index contributed by atoms with van der Waals surface area (Å²) in [7, 11) is -0.454. The van der Waals surface area contributed by atoms with Crippen molar-refractivity contribution in [3.05, 3.63) is 29.8 Å². The third-order valence-electron chi connectivity index (χ3n) is 2.88. The molecule has 0 radical (unpaired) electrons. The van der Waals surface area contributed by atoms with Crippen molar-refractivity contribution >= 4 is 10.0 Å². The van der Waals surface area contributed by atoms with Crippen molar-refractivity contribution in [2.75, 3.05) is 27.4 Å². The van der Waals surface area contributed by atoms with Crippen molar-refractivity contribution in [3.8, 4) is 0 Å². The lowest BCUT2D eigenvalue weighted by Gasteiger charge is -2.27. The number of aryl methyl sites for hydroxylation is 1. The molecule has 0 aliphatic carbocycles. The zero-order valence-corrected chi connectivity index (χ0v) is 12.6. The van der Waals surface area contributed by atoms with E-state index in [-0.39, 0.29) is 11.4 Å². The van der Waals surface area contributed by atoms with E-state index in [1.54, 1.807) is 32.2 Å². The molecule has 0 spiro atoms. The Morgan fingerprint density at radius 1 is 1.32 bits per heavy atom. The van der Waals surface area contributed by atoms with Gasteiger partial charge in [-0.3, -0.25) is 0 Å². The van der Waals surface area contributed by atoms with Crippen LogP contribution in [0, 0.1) is 6.92 Å². The Morgan fingerprint density at radius 3 is 2.53 bits per heavy atom. The summed E-state index contributed by atoms with van der Waals surface area (Å²) in [6.45, 7) is 4.09. The van der Waals surface area contributed by atoms with Gasteiger partial charge in [0.1, 0.15) is 5.60 Å². The molecule has 0 aliphatic heterocycles. The highest BCUT2D eigenvalue weighted by Crippen LogP contribution is 2.13. The van der Waals surface area contributed by atoms with Gasteiger partial charge in [-0.15, -0.1) is 0 Å². The molecule has 0 unspecified atom stereocenters. The van der Waals surface area contributed by atoms with Crippen molar-refractivity contribution in [2.45, 2.75) is 24.3 Å². The molecular weight excluding hydrogens is 266 g/mol. The predicted octanol–water partition coefficient (Wildman–Crippen LogP) is 1.32. The number of sulfonamides is 1. The first-order valence-electron chi connectivity index (χ1n) is 5.93. The number of rotatable bonds is 7. The van der Waals surface area contributed by atoms with Gasteiger partial charge in [-0.2, -0.15) is 0 Å². The van der Waals surface area contributed by atoms with E-state index in [9.17, 15) is 8.42 Å². The maximum absolute atomic E-state index is 12.1. The van der Waals surface area contributed by atoms with Gasteiger partial charge in [-0.1, -0.05) is 12.1 Å². The molecule has 5 nitrogen and oxygen atoms in total. The Bertz CT molecular complexity index is 515. The van der Waals surface area contributed by atoms with Crippen molar-refractivity contribution < 1.29 is 17.9 Å². The van der Waals surface area contributed by atoms with Gasteiger partial charge in [-0.25, -0.2) is 13.1 Å². The summed E-state index contributed by atoms with van der Waals surface area (Å²) in [5.74, 6) is 0. The summed E-state index contributed by atoms with van der Waals surface area (Å²) < 4.78 is 37.1. The van der Waals surface area contributed by atoms with Gasteiger partial charge in [0.25, 0.3) is 0 Å². The summed E-state index contributed by atoms with van der Waals surface area (Å²) in [5.41, 5.74) is 0.209. The van der Waals surface area contributed by atoms with E-state index in [0.29, 0.717) is 6.61 Å². The van der Waals surface area contributed by atoms with E-state index < -0.39 is 15.6 Å². The number of benzene rings is 1. The van der Waals surface area contributed by atoms with Gasteiger partial charge in [-0.05, 0) is 31.5 Å². The molecule has 1 aromatic carbocycles. The second-order valence-electron chi connectivity index (χ2n) is 4.73. The fourth-order valence-corrected chi connectivity index (χ4v) is 2.86. The molecule has 0 bridgehead atoms. The van der Waals surface area contributed by atoms with Crippen LogP contribution in [-0.4, -0.2) is 41.4 Å². The highest BCUT2D eigenvalue weighted by Gasteiger charge is 2.26. The van der Waals surface area contributed by atoms with Crippen LogP contribution in [0.4, 0.5) is 0 Å². The minimum absolute atomic E-state index is 0.146. The zero-order valence-electron chi connectivity index (χ0n) is 11.8. The zero-order chi connectivity index (χ0) is 14.5. The molecule has 0 aromatic heterocycles. The van der Waals surface area contributed by atoms with Gasteiger partial charge in [0.05, 0.1) is 11.5 Å². The molecule has 1 rings (SSSR count). The average Bonchev–Trinajstić information content (AvgIpc) is 2.37. The van der Waals surface area contributed by atoms with Crippen molar-refractivity contribution in [2.24, 2.45) is 0 Å². The van der Waals surface area contributed by atoms with Crippen molar-refractivity contribution in [1.82, 2.24) is 4.72 Å². The topological polar surface area (TPSA) is 64.6 Å². The van der Waals surface area contributed by atoms with Crippen LogP contribution in [0.3, 0.4) is 0 Å². The Labute approximate surface area is 115 Å². The molecule has 0 heterocycles. The van der Waals surface area contributed by atoms with E-state index in [4.69, 9.17) is 9.47 Å². The van der Waals surface area contributed by atoms with Gasteiger partial charge in [0, 0.05) is 20.8 Å². The first kappa shape index (κ1) is 16.1. The molecule has 6 heteroatoms. The second kappa shape index (κ2) is 6.47. The normalized spacial score (nSPS) is 15.2. The van der Waals surface area contributed by atoms with Crippen molar-refractivity contribution in [1.29, 1.82) is 0 Å². The van der Waals surface area contributed by atoms with E-state index in [2.05, 4.69) is 4.72 Å². The summed E-state index contributed by atoms with van der Waals surface area (Å²) in [4.78, 5) is 0.253. The molecule has 0 fully saturated rings. The lowest BCUT2D eigenvalue weighted by molar-refractivity contribution is -0.0460. The van der Waals surface area contributed by atoms with Crippen LogP contribution in [0.15, 0.2) is 29.2 Å². The standard InChI is InChI=1S/C13H21NO4S/c1-11-6-5-7-12(8-11)19(15,16)14-9-13(2,18-4)10-17-3/h5-8,14H,9-10H2,1-4H3/t13-/m0/s1. The lowest BCUT2D eigenvalue weighted by Crippen LogP contribution is -2.45. The fourth-order valence-electron chi connectivity index (χ4n) is 1.60. The van der Waals surface area contributed by atoms with E-state index in [1.165, 1.54) is 7.11 Å². The number of hydrogen-bond donors (Lipinski definition) is 1. The highest BCUT2D eigenvalue weighted by atomic mass is 32.2. The first-order chi connectivity index (χ1) is 8.83. The minimum atomic E-state index is -3.53. The number of ether oxygens (including phenoxy) is 2.